The third kappa shape index (κ3) is 2.48. The van der Waals surface area contributed by atoms with E-state index in [1.54, 1.807) is 0 Å². The van der Waals surface area contributed by atoms with Crippen LogP contribution in [0.25, 0.3) is 11.3 Å². The lowest BCUT2D eigenvalue weighted by Crippen LogP contribution is -2.02. The average molecular weight is 259 g/mol. The monoisotopic (exact) mass is 259 g/mol. The summed E-state index contributed by atoms with van der Waals surface area (Å²) in [5.74, 6) is 1.25. The molecule has 0 aliphatic heterocycles. The molecule has 2 heterocycles. The van der Waals surface area contributed by atoms with Gasteiger partial charge in [-0.3, -0.25) is 4.98 Å². The van der Waals surface area contributed by atoms with Gasteiger partial charge in [0.1, 0.15) is 10.5 Å². The van der Waals surface area contributed by atoms with Crippen molar-refractivity contribution in [2.75, 3.05) is 0 Å². The molecule has 0 amide bonds. The second-order valence-corrected chi connectivity index (χ2v) is 5.15. The van der Waals surface area contributed by atoms with Crippen LogP contribution in [0.3, 0.4) is 0 Å². The number of hydrogen-bond acceptors (Lipinski definition) is 3. The SMILES string of the molecule is Cc1cc(-c2[nH]c(C(C)C)nc(=S)c2C)ccn1. The maximum Gasteiger partial charge on any atom is 0.133 e. The van der Waals surface area contributed by atoms with Crippen LogP contribution in [-0.2, 0) is 0 Å². The van der Waals surface area contributed by atoms with E-state index in [4.69, 9.17) is 12.2 Å². The molecule has 18 heavy (non-hydrogen) atoms. The summed E-state index contributed by atoms with van der Waals surface area (Å²) in [4.78, 5) is 12.0. The number of pyridine rings is 1. The molecule has 0 aliphatic rings. The Bertz CT molecular complexity index is 629. The largest absolute Gasteiger partial charge is 0.343 e. The maximum atomic E-state index is 5.33. The molecule has 2 aromatic rings. The van der Waals surface area contributed by atoms with Crippen LogP contribution in [-0.4, -0.2) is 15.0 Å². The zero-order chi connectivity index (χ0) is 13.3. The van der Waals surface area contributed by atoms with E-state index in [-0.39, 0.29) is 0 Å². The Morgan fingerprint density at radius 2 is 2.00 bits per heavy atom. The summed E-state index contributed by atoms with van der Waals surface area (Å²) in [6.07, 6.45) is 1.82. The molecule has 0 atom stereocenters. The van der Waals surface area contributed by atoms with Gasteiger partial charge in [-0.1, -0.05) is 26.1 Å². The fraction of sp³-hybridized carbons (Fsp3) is 0.357. The summed E-state index contributed by atoms with van der Waals surface area (Å²) in [6.45, 7) is 8.19. The first-order valence-electron chi connectivity index (χ1n) is 6.03. The zero-order valence-corrected chi connectivity index (χ0v) is 11.9. The summed E-state index contributed by atoms with van der Waals surface area (Å²) >= 11 is 5.33. The van der Waals surface area contributed by atoms with Crippen molar-refractivity contribution < 1.29 is 0 Å². The fourth-order valence-electron chi connectivity index (χ4n) is 1.81. The Morgan fingerprint density at radius 3 is 2.61 bits per heavy atom. The average Bonchev–Trinajstić information content (AvgIpc) is 2.32. The number of nitrogens with zero attached hydrogens (tertiary/aromatic N) is 2. The van der Waals surface area contributed by atoms with Crippen molar-refractivity contribution >= 4 is 12.2 Å². The molecule has 0 radical (unpaired) electrons. The standard InChI is InChI=1S/C14H17N3S/c1-8(2)13-16-12(10(4)14(18)17-13)11-5-6-15-9(3)7-11/h5-8H,1-4H3,(H,16,17,18). The number of aromatic nitrogens is 3. The topological polar surface area (TPSA) is 41.6 Å². The number of H-pyrrole nitrogens is 1. The molecule has 0 aromatic carbocycles. The van der Waals surface area contributed by atoms with Crippen LogP contribution in [0.15, 0.2) is 18.3 Å². The van der Waals surface area contributed by atoms with Gasteiger partial charge in [-0.15, -0.1) is 0 Å². The Balaban J connectivity index is 2.67. The molecule has 0 saturated carbocycles. The molecule has 0 bridgehead atoms. The maximum absolute atomic E-state index is 5.33. The molecule has 3 nitrogen and oxygen atoms in total. The molecule has 2 rings (SSSR count). The number of nitrogens with one attached hydrogen (secondary N) is 1. The molecular formula is C14H17N3S. The lowest BCUT2D eigenvalue weighted by molar-refractivity contribution is 0.770. The van der Waals surface area contributed by atoms with Gasteiger partial charge >= 0.3 is 0 Å². The highest BCUT2D eigenvalue weighted by molar-refractivity contribution is 7.71. The smallest absolute Gasteiger partial charge is 0.133 e. The molecule has 0 fully saturated rings. The Morgan fingerprint density at radius 1 is 1.28 bits per heavy atom. The van der Waals surface area contributed by atoms with E-state index in [1.165, 1.54) is 0 Å². The number of aromatic amines is 1. The Labute approximate surface area is 112 Å². The second kappa shape index (κ2) is 4.98. The summed E-state index contributed by atoms with van der Waals surface area (Å²) in [5, 5.41) is 0. The third-order valence-electron chi connectivity index (χ3n) is 2.90. The van der Waals surface area contributed by atoms with E-state index >= 15 is 0 Å². The highest BCUT2D eigenvalue weighted by Gasteiger charge is 2.09. The molecule has 0 spiro atoms. The quantitative estimate of drug-likeness (QED) is 0.830. The van der Waals surface area contributed by atoms with E-state index in [2.05, 4.69) is 34.9 Å². The van der Waals surface area contributed by atoms with Crippen LogP contribution in [0.5, 0.6) is 0 Å². The first-order chi connectivity index (χ1) is 8.49. The van der Waals surface area contributed by atoms with Crippen LogP contribution in [0.4, 0.5) is 0 Å². The number of rotatable bonds is 2. The number of aryl methyl sites for hydroxylation is 1. The minimum absolute atomic E-state index is 0.328. The van der Waals surface area contributed by atoms with Crippen LogP contribution < -0.4 is 0 Å². The summed E-state index contributed by atoms with van der Waals surface area (Å²) in [5.41, 5.74) is 4.16. The van der Waals surface area contributed by atoms with Crippen molar-refractivity contribution in [3.05, 3.63) is 40.1 Å². The van der Waals surface area contributed by atoms with Gasteiger partial charge in [-0.2, -0.15) is 0 Å². The summed E-state index contributed by atoms with van der Waals surface area (Å²) in [6, 6.07) is 4.04. The molecule has 4 heteroatoms. The first-order valence-corrected chi connectivity index (χ1v) is 6.43. The van der Waals surface area contributed by atoms with Crippen molar-refractivity contribution in [2.45, 2.75) is 33.6 Å². The summed E-state index contributed by atoms with van der Waals surface area (Å²) in [7, 11) is 0. The highest BCUT2D eigenvalue weighted by atomic mass is 32.1. The molecule has 94 valence electrons. The van der Waals surface area contributed by atoms with Gasteiger partial charge in [-0.25, -0.2) is 4.98 Å². The zero-order valence-electron chi connectivity index (χ0n) is 11.1. The lowest BCUT2D eigenvalue weighted by Gasteiger charge is -2.12. The van der Waals surface area contributed by atoms with Crippen molar-refractivity contribution in [1.82, 2.24) is 15.0 Å². The van der Waals surface area contributed by atoms with E-state index in [1.807, 2.05) is 26.1 Å². The molecular weight excluding hydrogens is 242 g/mol. The summed E-state index contributed by atoms with van der Waals surface area (Å²) < 4.78 is 0.668. The predicted molar refractivity (Wildman–Crippen MR) is 76.2 cm³/mol. The van der Waals surface area contributed by atoms with Crippen LogP contribution in [0.2, 0.25) is 0 Å². The number of hydrogen-bond donors (Lipinski definition) is 1. The fourth-order valence-corrected chi connectivity index (χ4v) is 2.01. The van der Waals surface area contributed by atoms with Gasteiger partial charge in [0.05, 0.1) is 5.69 Å². The van der Waals surface area contributed by atoms with Gasteiger partial charge in [-0.05, 0) is 26.0 Å². The van der Waals surface area contributed by atoms with Crippen molar-refractivity contribution in [1.29, 1.82) is 0 Å². The molecule has 0 aliphatic carbocycles. The molecule has 1 N–H and O–H groups in total. The van der Waals surface area contributed by atoms with Gasteiger partial charge in [0.25, 0.3) is 0 Å². The van der Waals surface area contributed by atoms with Crippen molar-refractivity contribution in [3.8, 4) is 11.3 Å². The van der Waals surface area contributed by atoms with Crippen molar-refractivity contribution in [3.63, 3.8) is 0 Å². The molecule has 2 aromatic heterocycles. The molecule has 0 saturated heterocycles. The van der Waals surface area contributed by atoms with E-state index in [0.717, 1.165) is 28.3 Å². The second-order valence-electron chi connectivity index (χ2n) is 4.77. The third-order valence-corrected chi connectivity index (χ3v) is 3.30. The van der Waals surface area contributed by atoms with Gasteiger partial charge < -0.3 is 4.98 Å². The first kappa shape index (κ1) is 12.9. The highest BCUT2D eigenvalue weighted by Crippen LogP contribution is 2.23. The Hall–Kier alpha value is -1.55. The van der Waals surface area contributed by atoms with E-state index < -0.39 is 0 Å². The minimum atomic E-state index is 0.328. The van der Waals surface area contributed by atoms with E-state index in [0.29, 0.717) is 10.6 Å². The van der Waals surface area contributed by atoms with Crippen LogP contribution in [0, 0.1) is 18.5 Å². The Kier molecular flexibility index (Phi) is 3.57. The lowest BCUT2D eigenvalue weighted by atomic mass is 10.1. The van der Waals surface area contributed by atoms with Gasteiger partial charge in [0.2, 0.25) is 0 Å². The predicted octanol–water partition coefficient (Wildman–Crippen LogP) is 3.94. The minimum Gasteiger partial charge on any atom is -0.343 e. The van der Waals surface area contributed by atoms with E-state index in [9.17, 15) is 0 Å². The van der Waals surface area contributed by atoms with Gasteiger partial charge in [0, 0.05) is 28.9 Å². The van der Waals surface area contributed by atoms with Crippen molar-refractivity contribution in [2.24, 2.45) is 0 Å². The van der Waals surface area contributed by atoms with Gasteiger partial charge in [0.15, 0.2) is 0 Å². The molecule has 0 unspecified atom stereocenters. The van der Waals surface area contributed by atoms with Crippen LogP contribution >= 0.6 is 12.2 Å². The van der Waals surface area contributed by atoms with Crippen LogP contribution in [0.1, 0.15) is 36.8 Å². The normalized spacial score (nSPS) is 10.9.